The maximum absolute atomic E-state index is 11.4. The third kappa shape index (κ3) is 53.2. The first-order valence-corrected chi connectivity index (χ1v) is 46.4. The summed E-state index contributed by atoms with van der Waals surface area (Å²) in [6.45, 7) is 10.6. The van der Waals surface area contributed by atoms with Crippen LogP contribution >= 0.6 is 0 Å². The van der Waals surface area contributed by atoms with Gasteiger partial charge in [0.05, 0.1) is 59.8 Å². The molecule has 0 aliphatic heterocycles. The van der Waals surface area contributed by atoms with Crippen molar-refractivity contribution in [2.75, 3.05) is 26.4 Å². The van der Waals surface area contributed by atoms with Gasteiger partial charge < -0.3 is 70.0 Å². The minimum atomic E-state index is -1.28. The first-order valence-electron chi connectivity index (χ1n) is 46.4. The lowest BCUT2D eigenvalue weighted by atomic mass is 10.0. The fraction of sp³-hybridized carbons (Fsp3) is 0.600. The van der Waals surface area contributed by atoms with E-state index in [-0.39, 0.29) is 78.6 Å². The molecule has 0 fully saturated rings. The van der Waals surface area contributed by atoms with Crippen molar-refractivity contribution in [3.63, 3.8) is 0 Å². The molecule has 24 nitrogen and oxygen atoms in total. The summed E-state index contributed by atoms with van der Waals surface area (Å²) in [4.78, 5) is 111. The van der Waals surface area contributed by atoms with E-state index in [0.29, 0.717) is 26.4 Å². The van der Waals surface area contributed by atoms with Crippen molar-refractivity contribution in [1.82, 2.24) is 0 Å². The lowest BCUT2D eigenvalue weighted by Crippen LogP contribution is -2.11. The first kappa shape index (κ1) is 112. The number of hydrogen-bond donors (Lipinski definition) is 10. The summed E-state index contributed by atoms with van der Waals surface area (Å²) in [7, 11) is 0. The molecule has 124 heavy (non-hydrogen) atoms. The number of hydrogen-bond acceptors (Lipinski definition) is 14. The standard InChI is InChI=1S/C26H42O5.C24H38O5.C22H34O5.C20H30O5.C8H6O4/c1-2-3-4-5-6-7-8-9-10-11-12-13-14-15-16-17-21-31-23-20-18-19-22(25(27)28)24(23)26(29)30;1-2-3-4-5-6-7-8-9-10-11-12-13-14-15-19-29-21-18-16-17-20(23(25)26)22(21)24(27)28;1-2-3-4-5-6-7-8-9-10-11-12-13-17-27-19-16-14-15-18(21(23)24)20(19)22(25)26;1-2-3-4-5-6-7-8-9-10-11-15-25-17-14-12-13-16(19(21)22)18(17)20(23)24;9-7(10)5-3-1-2-4-6(5)8(11)12/h18-20H,2-17,21H2,1H3,(H,27,28)(H,29,30);16-18H,2-15,19H2,1H3,(H,25,26)(H,27,28);14-16H,2-13,17H2,1H3,(H,23,24)(H,25,26);12-14H,2-11,15H2,1H3,(H,21,22)(H,23,24);1-4H,(H,9,10)(H,11,12). The van der Waals surface area contributed by atoms with Crippen molar-refractivity contribution < 1.29 is 118 Å². The number of benzene rings is 5. The summed E-state index contributed by atoms with van der Waals surface area (Å²) in [6, 6.07) is 22.7. The van der Waals surface area contributed by atoms with Crippen LogP contribution in [0.5, 0.6) is 23.0 Å². The number of carboxylic acids is 10. The van der Waals surface area contributed by atoms with Gasteiger partial charge in [0.2, 0.25) is 0 Å². The van der Waals surface area contributed by atoms with Crippen LogP contribution < -0.4 is 18.9 Å². The molecule has 0 saturated heterocycles. The summed E-state index contributed by atoms with van der Waals surface area (Å²) in [5.74, 6) is -12.1. The number of rotatable bonds is 70. The third-order valence-corrected chi connectivity index (χ3v) is 21.3. The van der Waals surface area contributed by atoms with Crippen molar-refractivity contribution in [1.29, 1.82) is 0 Å². The third-order valence-electron chi connectivity index (χ3n) is 21.3. The number of aromatic carboxylic acids is 10. The Morgan fingerprint density at radius 3 is 0.427 bits per heavy atom. The van der Waals surface area contributed by atoms with Crippen LogP contribution in [-0.4, -0.2) is 137 Å². The van der Waals surface area contributed by atoms with E-state index in [4.69, 9.17) is 49.6 Å². The van der Waals surface area contributed by atoms with Gasteiger partial charge in [-0.15, -0.1) is 0 Å². The Kier molecular flexibility index (Phi) is 67.2. The van der Waals surface area contributed by atoms with E-state index in [2.05, 4.69) is 27.7 Å². The zero-order valence-corrected chi connectivity index (χ0v) is 75.0. The average Bonchev–Trinajstić information content (AvgIpc) is 0.840. The van der Waals surface area contributed by atoms with Crippen LogP contribution in [-0.2, 0) is 0 Å². The molecule has 0 aromatic heterocycles. The summed E-state index contributed by atoms with van der Waals surface area (Å²) in [5, 5.41) is 90.6. The second-order valence-corrected chi connectivity index (χ2v) is 31.7. The molecule has 0 saturated carbocycles. The maximum atomic E-state index is 11.4. The topological polar surface area (TPSA) is 410 Å². The average molecular weight is 1740 g/mol. The zero-order chi connectivity index (χ0) is 91.6. The summed E-state index contributed by atoms with van der Waals surface area (Å²) in [5.41, 5.74) is -2.44. The van der Waals surface area contributed by atoms with Gasteiger partial charge in [0, 0.05) is 0 Å². The number of carbonyl (C=O) groups is 10. The maximum Gasteiger partial charge on any atom is 0.340 e. The predicted octanol–water partition coefficient (Wildman–Crippen LogP) is 27.3. The Bertz CT molecular complexity index is 3740. The molecule has 0 heterocycles. The van der Waals surface area contributed by atoms with Crippen molar-refractivity contribution in [3.05, 3.63) is 153 Å². The summed E-state index contributed by atoms with van der Waals surface area (Å²) < 4.78 is 22.2. The van der Waals surface area contributed by atoms with E-state index in [1.165, 1.54) is 354 Å². The summed E-state index contributed by atoms with van der Waals surface area (Å²) >= 11 is 0. The lowest BCUT2D eigenvalue weighted by molar-refractivity contribution is 0.0647. The highest BCUT2D eigenvalue weighted by molar-refractivity contribution is 6.06. The van der Waals surface area contributed by atoms with E-state index in [1.54, 1.807) is 0 Å². The fourth-order valence-electron chi connectivity index (χ4n) is 14.3. The Morgan fingerprint density at radius 1 is 0.169 bits per heavy atom. The minimum absolute atomic E-state index is 0.128. The lowest BCUT2D eigenvalue weighted by Gasteiger charge is -2.11. The van der Waals surface area contributed by atoms with E-state index >= 15 is 0 Å². The quantitative estimate of drug-likeness (QED) is 0.0162. The highest BCUT2D eigenvalue weighted by Crippen LogP contribution is 2.29. The van der Waals surface area contributed by atoms with Gasteiger partial charge in [-0.25, -0.2) is 47.9 Å². The van der Waals surface area contributed by atoms with Gasteiger partial charge in [0.1, 0.15) is 45.3 Å². The van der Waals surface area contributed by atoms with Crippen molar-refractivity contribution in [3.8, 4) is 23.0 Å². The molecule has 0 bridgehead atoms. The second-order valence-electron chi connectivity index (χ2n) is 31.7. The molecule has 5 aromatic carbocycles. The molecule has 0 aliphatic rings. The zero-order valence-electron chi connectivity index (χ0n) is 75.0. The smallest absolute Gasteiger partial charge is 0.340 e. The van der Waals surface area contributed by atoms with Gasteiger partial charge in [-0.3, -0.25) is 0 Å². The second kappa shape index (κ2) is 74.4. The highest BCUT2D eigenvalue weighted by Gasteiger charge is 2.25. The Balaban J connectivity index is 0.000000792. The van der Waals surface area contributed by atoms with Crippen LogP contribution in [0.2, 0.25) is 0 Å². The monoisotopic (exact) mass is 1740 g/mol. The molecule has 0 amide bonds. The van der Waals surface area contributed by atoms with Gasteiger partial charge in [-0.1, -0.05) is 372 Å². The summed E-state index contributed by atoms with van der Waals surface area (Å²) in [6.07, 6.45) is 65.5. The van der Waals surface area contributed by atoms with E-state index in [0.717, 1.165) is 77.0 Å². The van der Waals surface area contributed by atoms with Crippen molar-refractivity contribution in [2.24, 2.45) is 0 Å². The van der Waals surface area contributed by atoms with E-state index in [9.17, 15) is 68.4 Å². The van der Waals surface area contributed by atoms with Crippen LogP contribution in [0, 0.1) is 0 Å². The molecule has 0 radical (unpaired) electrons. The van der Waals surface area contributed by atoms with Crippen LogP contribution in [0.15, 0.2) is 97.1 Å². The normalized spacial score (nSPS) is 10.6. The van der Waals surface area contributed by atoms with E-state index in [1.807, 2.05) is 0 Å². The molecular weight excluding hydrogens is 1590 g/mol. The van der Waals surface area contributed by atoms with Gasteiger partial charge in [-0.05, 0) is 86.3 Å². The SMILES string of the molecule is CCCCCCCCCCCCCCCCCCOc1cccc(C(=O)O)c1C(=O)O.CCCCCCCCCCCCCCCCOc1cccc(C(=O)O)c1C(=O)O.CCCCCCCCCCCCCCOc1cccc(C(=O)O)c1C(=O)O.CCCCCCCCCCCCOc1cccc(C(=O)O)c1C(=O)O.O=C(O)c1ccccc1C(=O)O. The Morgan fingerprint density at radius 2 is 0.298 bits per heavy atom. The first-order chi connectivity index (χ1) is 59.9. The molecule has 5 aromatic rings. The van der Waals surface area contributed by atoms with Crippen molar-refractivity contribution in [2.45, 2.75) is 362 Å². The predicted molar refractivity (Wildman–Crippen MR) is 487 cm³/mol. The molecule has 10 N–H and O–H groups in total. The molecule has 0 unspecified atom stereocenters. The van der Waals surface area contributed by atoms with Crippen LogP contribution in [0.1, 0.15) is 465 Å². The number of unbranched alkanes of at least 4 members (excludes halogenated alkanes) is 48. The van der Waals surface area contributed by atoms with Crippen LogP contribution in [0.4, 0.5) is 0 Å². The number of ether oxygens (including phenoxy) is 4. The largest absolute Gasteiger partial charge is 0.493 e. The highest BCUT2D eigenvalue weighted by atomic mass is 16.5. The van der Waals surface area contributed by atoms with Gasteiger partial charge >= 0.3 is 59.7 Å². The minimum Gasteiger partial charge on any atom is -0.493 e. The number of carboxylic acid groups (broad SMARTS) is 10. The molecule has 0 atom stereocenters. The molecule has 0 aliphatic carbocycles. The van der Waals surface area contributed by atoms with Gasteiger partial charge in [0.15, 0.2) is 0 Å². The molecule has 0 spiro atoms. The molecular formula is C100H150O24. The van der Waals surface area contributed by atoms with Gasteiger partial charge in [-0.2, -0.15) is 0 Å². The van der Waals surface area contributed by atoms with Crippen LogP contribution in [0.25, 0.3) is 0 Å². The fourth-order valence-corrected chi connectivity index (χ4v) is 14.3. The van der Waals surface area contributed by atoms with Crippen molar-refractivity contribution >= 4 is 59.7 Å². The van der Waals surface area contributed by atoms with Gasteiger partial charge in [0.25, 0.3) is 0 Å². The Labute approximate surface area is 737 Å². The van der Waals surface area contributed by atoms with Crippen LogP contribution in [0.3, 0.4) is 0 Å². The van der Waals surface area contributed by atoms with E-state index < -0.39 is 59.7 Å². The molecule has 5 rings (SSSR count). The molecule has 694 valence electrons. The Hall–Kier alpha value is -10.0. The molecule has 24 heteroatoms.